The van der Waals surface area contributed by atoms with Gasteiger partial charge in [-0.15, -0.1) is 11.3 Å². The first-order chi connectivity index (χ1) is 8.63. The lowest BCUT2D eigenvalue weighted by molar-refractivity contribution is 0.0956. The average molecular weight is 264 g/mol. The van der Waals surface area contributed by atoms with Gasteiger partial charge in [0, 0.05) is 23.2 Å². The van der Waals surface area contributed by atoms with Crippen molar-refractivity contribution in [1.82, 2.24) is 5.32 Å². The summed E-state index contributed by atoms with van der Waals surface area (Å²) in [5, 5.41) is 12.4. The highest BCUT2D eigenvalue weighted by molar-refractivity contribution is 7.21. The number of aliphatic hydroxyl groups is 1. The zero-order valence-corrected chi connectivity index (χ0v) is 11.0. The number of nitrogens with one attached hydrogen (secondary N) is 1. The molecule has 18 heavy (non-hydrogen) atoms. The van der Waals surface area contributed by atoms with Crippen LogP contribution in [0.1, 0.15) is 21.7 Å². The highest BCUT2D eigenvalue weighted by Gasteiger charge is 2.15. The van der Waals surface area contributed by atoms with Crippen LogP contribution in [0.3, 0.4) is 0 Å². The Morgan fingerprint density at radius 3 is 3.00 bits per heavy atom. The molecule has 0 aliphatic heterocycles. The Bertz CT molecular complexity index is 578. The number of hydrogen-bond donors (Lipinski definition) is 3. The molecule has 1 amide bonds. The predicted molar refractivity (Wildman–Crippen MR) is 75.0 cm³/mol. The molecule has 0 atom stereocenters. The third-order valence-electron chi connectivity index (χ3n) is 2.71. The third kappa shape index (κ3) is 2.47. The van der Waals surface area contributed by atoms with Gasteiger partial charge in [-0.05, 0) is 25.0 Å². The van der Waals surface area contributed by atoms with Crippen molar-refractivity contribution in [3.8, 4) is 0 Å². The van der Waals surface area contributed by atoms with Crippen LogP contribution in [0.25, 0.3) is 10.1 Å². The summed E-state index contributed by atoms with van der Waals surface area (Å²) >= 11 is 1.40. The van der Waals surface area contributed by atoms with Gasteiger partial charge in [-0.2, -0.15) is 0 Å². The number of rotatable bonds is 4. The van der Waals surface area contributed by atoms with Crippen molar-refractivity contribution in [2.24, 2.45) is 0 Å². The molecule has 4 nitrogen and oxygen atoms in total. The Hall–Kier alpha value is -1.59. The standard InChI is InChI=1S/C13H16N2O2S/c1-8-3-4-9-10(7-8)18-12(11(9)14)13(17)15-5-2-6-16/h3-4,7,16H,2,5-6,14H2,1H3,(H,15,17). The van der Waals surface area contributed by atoms with Gasteiger partial charge in [0.25, 0.3) is 5.91 Å². The fourth-order valence-electron chi connectivity index (χ4n) is 1.75. The first-order valence-electron chi connectivity index (χ1n) is 5.81. The summed E-state index contributed by atoms with van der Waals surface area (Å²) in [5.41, 5.74) is 7.68. The zero-order chi connectivity index (χ0) is 13.1. The third-order valence-corrected chi connectivity index (χ3v) is 3.88. The number of aliphatic hydroxyl groups excluding tert-OH is 1. The van der Waals surface area contributed by atoms with Crippen molar-refractivity contribution in [1.29, 1.82) is 0 Å². The van der Waals surface area contributed by atoms with Gasteiger partial charge in [-0.1, -0.05) is 12.1 Å². The van der Waals surface area contributed by atoms with Gasteiger partial charge in [-0.3, -0.25) is 4.79 Å². The van der Waals surface area contributed by atoms with Gasteiger partial charge in [0.15, 0.2) is 0 Å². The molecule has 4 N–H and O–H groups in total. The Morgan fingerprint density at radius 2 is 2.28 bits per heavy atom. The quantitative estimate of drug-likeness (QED) is 0.738. The summed E-state index contributed by atoms with van der Waals surface area (Å²) in [6.07, 6.45) is 0.551. The van der Waals surface area contributed by atoms with Crippen molar-refractivity contribution in [3.05, 3.63) is 28.6 Å². The number of nitrogens with two attached hydrogens (primary N) is 1. The van der Waals surface area contributed by atoms with Crippen molar-refractivity contribution < 1.29 is 9.90 Å². The molecule has 0 spiro atoms. The van der Waals surface area contributed by atoms with Crippen LogP contribution in [0.15, 0.2) is 18.2 Å². The van der Waals surface area contributed by atoms with Gasteiger partial charge in [-0.25, -0.2) is 0 Å². The fourth-order valence-corrected chi connectivity index (χ4v) is 2.89. The molecule has 0 saturated carbocycles. The van der Waals surface area contributed by atoms with Gasteiger partial charge < -0.3 is 16.2 Å². The first kappa shape index (κ1) is 12.9. The largest absolute Gasteiger partial charge is 0.397 e. The highest BCUT2D eigenvalue weighted by atomic mass is 32.1. The maximum atomic E-state index is 11.9. The zero-order valence-electron chi connectivity index (χ0n) is 10.2. The van der Waals surface area contributed by atoms with E-state index in [4.69, 9.17) is 10.8 Å². The Kier molecular flexibility index (Phi) is 3.84. The highest BCUT2D eigenvalue weighted by Crippen LogP contribution is 2.33. The van der Waals surface area contributed by atoms with Crippen molar-refractivity contribution in [2.45, 2.75) is 13.3 Å². The van der Waals surface area contributed by atoms with E-state index in [1.807, 2.05) is 25.1 Å². The topological polar surface area (TPSA) is 75.4 Å². The maximum absolute atomic E-state index is 11.9. The molecule has 5 heteroatoms. The molecule has 2 rings (SSSR count). The predicted octanol–water partition coefficient (Wildman–Crippen LogP) is 1.90. The first-order valence-corrected chi connectivity index (χ1v) is 6.63. The summed E-state index contributed by atoms with van der Waals surface area (Å²) in [7, 11) is 0. The Labute approximate surface area is 109 Å². The average Bonchev–Trinajstić information content (AvgIpc) is 2.66. The van der Waals surface area contributed by atoms with Crippen LogP contribution in [0, 0.1) is 6.92 Å². The monoisotopic (exact) mass is 264 g/mol. The van der Waals surface area contributed by atoms with Crippen LogP contribution < -0.4 is 11.1 Å². The van der Waals surface area contributed by atoms with Gasteiger partial charge in [0.2, 0.25) is 0 Å². The number of carbonyl (C=O) groups is 1. The Balaban J connectivity index is 2.28. The second-order valence-corrected chi connectivity index (χ2v) is 5.23. The van der Waals surface area contributed by atoms with Crippen LogP contribution in [0.5, 0.6) is 0 Å². The minimum Gasteiger partial charge on any atom is -0.397 e. The summed E-state index contributed by atoms with van der Waals surface area (Å²) < 4.78 is 1.03. The lowest BCUT2D eigenvalue weighted by atomic mass is 10.1. The van der Waals surface area contributed by atoms with E-state index in [0.29, 0.717) is 23.5 Å². The van der Waals surface area contributed by atoms with E-state index >= 15 is 0 Å². The lowest BCUT2D eigenvalue weighted by Gasteiger charge is -2.02. The summed E-state index contributed by atoms with van der Waals surface area (Å²) in [6.45, 7) is 2.54. The second kappa shape index (κ2) is 5.37. The van der Waals surface area contributed by atoms with E-state index in [9.17, 15) is 4.79 Å². The number of benzene rings is 1. The molecule has 0 fully saturated rings. The molecule has 0 bridgehead atoms. The van der Waals surface area contributed by atoms with Crippen molar-refractivity contribution >= 4 is 33.0 Å². The number of fused-ring (bicyclic) bond motifs is 1. The number of carbonyl (C=O) groups excluding carboxylic acids is 1. The molecule has 0 radical (unpaired) electrons. The van der Waals surface area contributed by atoms with Crippen LogP contribution in [-0.2, 0) is 0 Å². The minimum atomic E-state index is -0.167. The number of nitrogen functional groups attached to an aromatic ring is 1. The molecule has 0 saturated heterocycles. The molecule has 1 heterocycles. The molecule has 0 aliphatic carbocycles. The van der Waals surface area contributed by atoms with E-state index in [2.05, 4.69) is 5.32 Å². The van der Waals surface area contributed by atoms with Crippen molar-refractivity contribution in [2.75, 3.05) is 18.9 Å². The Morgan fingerprint density at radius 1 is 1.50 bits per heavy atom. The number of thiophene rings is 1. The molecular weight excluding hydrogens is 248 g/mol. The summed E-state index contributed by atoms with van der Waals surface area (Å²) in [5.74, 6) is -0.167. The molecule has 0 unspecified atom stereocenters. The normalized spacial score (nSPS) is 10.8. The second-order valence-electron chi connectivity index (χ2n) is 4.18. The summed E-state index contributed by atoms with van der Waals surface area (Å²) in [6, 6.07) is 5.96. The number of aryl methyl sites for hydroxylation is 1. The van der Waals surface area contributed by atoms with E-state index in [1.54, 1.807) is 0 Å². The number of hydrogen-bond acceptors (Lipinski definition) is 4. The van der Waals surface area contributed by atoms with E-state index in [0.717, 1.165) is 15.6 Å². The van der Waals surface area contributed by atoms with Crippen LogP contribution >= 0.6 is 11.3 Å². The molecule has 1 aromatic heterocycles. The molecule has 0 aliphatic rings. The molecule has 1 aromatic carbocycles. The van der Waals surface area contributed by atoms with Crippen LogP contribution in [-0.4, -0.2) is 24.2 Å². The maximum Gasteiger partial charge on any atom is 0.263 e. The van der Waals surface area contributed by atoms with Crippen molar-refractivity contribution in [3.63, 3.8) is 0 Å². The lowest BCUT2D eigenvalue weighted by Crippen LogP contribution is -2.24. The van der Waals surface area contributed by atoms with Crippen LogP contribution in [0.4, 0.5) is 5.69 Å². The number of anilines is 1. The van der Waals surface area contributed by atoms with Gasteiger partial charge in [0.05, 0.1) is 5.69 Å². The van der Waals surface area contributed by atoms with E-state index in [-0.39, 0.29) is 12.5 Å². The smallest absolute Gasteiger partial charge is 0.263 e. The molecule has 2 aromatic rings. The van der Waals surface area contributed by atoms with Crippen LogP contribution in [0.2, 0.25) is 0 Å². The fraction of sp³-hybridized carbons (Fsp3) is 0.308. The number of amides is 1. The van der Waals surface area contributed by atoms with E-state index < -0.39 is 0 Å². The van der Waals surface area contributed by atoms with E-state index in [1.165, 1.54) is 11.3 Å². The van der Waals surface area contributed by atoms with Gasteiger partial charge in [0.1, 0.15) is 4.88 Å². The summed E-state index contributed by atoms with van der Waals surface area (Å²) in [4.78, 5) is 12.5. The molecular formula is C13H16N2O2S. The molecule has 96 valence electrons. The SMILES string of the molecule is Cc1ccc2c(N)c(C(=O)NCCCO)sc2c1. The minimum absolute atomic E-state index is 0.0708. The van der Waals surface area contributed by atoms with Gasteiger partial charge >= 0.3 is 0 Å².